The largest absolute Gasteiger partial charge is 0.503 e. The molecule has 0 fully saturated rings. The van der Waals surface area contributed by atoms with Crippen molar-refractivity contribution < 1.29 is 37.1 Å². The highest BCUT2D eigenvalue weighted by Crippen LogP contribution is 2.30. The van der Waals surface area contributed by atoms with E-state index in [2.05, 4.69) is 10.5 Å². The fourth-order valence-electron chi connectivity index (χ4n) is 2.46. The van der Waals surface area contributed by atoms with E-state index in [4.69, 9.17) is 14.3 Å². The van der Waals surface area contributed by atoms with Crippen LogP contribution in [0.25, 0.3) is 5.57 Å². The Morgan fingerprint density at radius 1 is 1.10 bits per heavy atom. The first-order chi connectivity index (χ1) is 14.8. The maximum absolute atomic E-state index is 12.7. The molecule has 0 aromatic heterocycles. The molecule has 2 rings (SSSR count). The van der Waals surface area contributed by atoms with Crippen molar-refractivity contribution in [1.82, 2.24) is 0 Å². The molecule has 0 unspecified atom stereocenters. The highest BCUT2D eigenvalue weighted by Gasteiger charge is 2.30. The van der Waals surface area contributed by atoms with Gasteiger partial charge < -0.3 is 19.6 Å². The average Bonchev–Trinajstić information content (AvgIpc) is 2.75. The van der Waals surface area contributed by atoms with Crippen LogP contribution >= 0.6 is 0 Å². The summed E-state index contributed by atoms with van der Waals surface area (Å²) in [5.41, 5.74) is 0.261. The number of hydrogen-bond acceptors (Lipinski definition) is 7. The smallest absolute Gasteiger partial charge is 0.416 e. The Morgan fingerprint density at radius 3 is 2.52 bits per heavy atom. The third-order valence-corrected chi connectivity index (χ3v) is 3.87. The minimum Gasteiger partial charge on any atom is -0.503 e. The van der Waals surface area contributed by atoms with Crippen molar-refractivity contribution in [3.8, 4) is 0 Å². The van der Waals surface area contributed by atoms with Crippen molar-refractivity contribution >= 4 is 29.4 Å². The molecule has 2 aromatic rings. The van der Waals surface area contributed by atoms with E-state index in [9.17, 15) is 22.8 Å². The Balaban J connectivity index is 2.03. The van der Waals surface area contributed by atoms with Gasteiger partial charge in [0.1, 0.15) is 12.1 Å². The highest BCUT2D eigenvalue weighted by molar-refractivity contribution is 6.18. The first kappa shape index (κ1) is 23.5. The van der Waals surface area contributed by atoms with E-state index >= 15 is 0 Å². The van der Waals surface area contributed by atoms with E-state index in [1.54, 1.807) is 24.3 Å². The Bertz CT molecular complexity index is 987. The summed E-state index contributed by atoms with van der Waals surface area (Å²) in [5.74, 6) is -1.46. The van der Waals surface area contributed by atoms with Crippen LogP contribution in [0.5, 0.6) is 0 Å². The van der Waals surface area contributed by atoms with Crippen molar-refractivity contribution in [3.05, 3.63) is 71.5 Å². The molecule has 0 aliphatic carbocycles. The van der Waals surface area contributed by atoms with Crippen molar-refractivity contribution in [2.45, 2.75) is 6.18 Å². The first-order valence-electron chi connectivity index (χ1n) is 8.81. The number of hydrogen-bond donors (Lipinski definition) is 1. The highest BCUT2D eigenvalue weighted by atomic mass is 19.4. The number of nitrogens with zero attached hydrogens (tertiary/aromatic N) is 1. The van der Waals surface area contributed by atoms with Gasteiger partial charge in [-0.1, -0.05) is 35.5 Å². The minimum atomic E-state index is -4.49. The molecule has 0 aliphatic heterocycles. The number of alkyl halides is 3. The van der Waals surface area contributed by atoms with Crippen LogP contribution in [-0.4, -0.2) is 38.9 Å². The summed E-state index contributed by atoms with van der Waals surface area (Å²) in [6, 6.07) is 11.0. The summed E-state index contributed by atoms with van der Waals surface area (Å²) >= 11 is 0. The van der Waals surface area contributed by atoms with Gasteiger partial charge in [-0.3, -0.25) is 0 Å². The molecular formula is C21H19F3N2O5. The number of carbonyl (C=O) groups is 2. The molecule has 0 saturated carbocycles. The molecule has 0 spiro atoms. The fourth-order valence-corrected chi connectivity index (χ4v) is 2.46. The van der Waals surface area contributed by atoms with Gasteiger partial charge in [-0.2, -0.15) is 13.2 Å². The topological polar surface area (TPSA) is 86.2 Å². The number of carbonyl (C=O) groups excluding carboxylic acids is 2. The summed E-state index contributed by atoms with van der Waals surface area (Å²) < 4.78 is 47.8. The van der Waals surface area contributed by atoms with Crippen molar-refractivity contribution in [1.29, 1.82) is 0 Å². The van der Waals surface area contributed by atoms with E-state index in [1.807, 2.05) is 0 Å². The molecule has 7 nitrogen and oxygen atoms in total. The SMILES string of the molecule is CO/C=C(/C(=O)OC)c1ccccc1C=NOC(=O)CNc1cccc(C(F)(F)F)c1. The number of oxime groups is 1. The van der Waals surface area contributed by atoms with Crippen LogP contribution in [0.1, 0.15) is 16.7 Å². The molecule has 1 N–H and O–H groups in total. The monoisotopic (exact) mass is 436 g/mol. The van der Waals surface area contributed by atoms with Gasteiger partial charge in [0, 0.05) is 16.8 Å². The van der Waals surface area contributed by atoms with E-state index in [1.165, 1.54) is 38.8 Å². The molecule has 10 heteroatoms. The first-order valence-corrected chi connectivity index (χ1v) is 8.81. The second-order valence-corrected chi connectivity index (χ2v) is 5.98. The number of benzene rings is 2. The van der Waals surface area contributed by atoms with Crippen molar-refractivity contribution in [2.24, 2.45) is 5.16 Å². The molecule has 0 amide bonds. The lowest BCUT2D eigenvalue weighted by Gasteiger charge is -2.09. The number of anilines is 1. The number of methoxy groups -OCH3 is 2. The van der Waals surface area contributed by atoms with E-state index in [0.717, 1.165) is 12.1 Å². The molecule has 0 saturated heterocycles. The standard InChI is InChI=1S/C21H19F3N2O5/c1-29-13-18(20(28)30-2)17-9-4-3-6-14(17)11-26-31-19(27)12-25-16-8-5-7-15(10-16)21(22,23)24/h3-11,13,25H,12H2,1-2H3/b18-13+,26-11?. The zero-order chi connectivity index (χ0) is 22.9. The zero-order valence-electron chi connectivity index (χ0n) is 16.6. The Labute approximate surface area is 176 Å². The number of esters is 1. The Kier molecular flexibility index (Phi) is 8.18. The van der Waals surface area contributed by atoms with Gasteiger partial charge in [-0.25, -0.2) is 9.59 Å². The zero-order valence-corrected chi connectivity index (χ0v) is 16.6. The van der Waals surface area contributed by atoms with Crippen molar-refractivity contribution in [3.63, 3.8) is 0 Å². The maximum Gasteiger partial charge on any atom is 0.416 e. The summed E-state index contributed by atoms with van der Waals surface area (Å²) in [5, 5.41) is 6.12. The van der Waals surface area contributed by atoms with Gasteiger partial charge in [-0.15, -0.1) is 0 Å². The van der Waals surface area contributed by atoms with E-state index < -0.39 is 30.2 Å². The molecule has 0 atom stereocenters. The van der Waals surface area contributed by atoms with Gasteiger partial charge in [0.25, 0.3) is 0 Å². The van der Waals surface area contributed by atoms with E-state index in [0.29, 0.717) is 11.1 Å². The van der Waals surface area contributed by atoms with Crippen LogP contribution in [0.4, 0.5) is 18.9 Å². The summed E-state index contributed by atoms with van der Waals surface area (Å²) in [6.45, 7) is -0.405. The summed E-state index contributed by atoms with van der Waals surface area (Å²) in [7, 11) is 2.60. The summed E-state index contributed by atoms with van der Waals surface area (Å²) in [6.07, 6.45) is -2.07. The second-order valence-electron chi connectivity index (χ2n) is 5.98. The summed E-state index contributed by atoms with van der Waals surface area (Å²) in [4.78, 5) is 28.5. The third kappa shape index (κ3) is 6.88. The van der Waals surface area contributed by atoms with Crippen LogP contribution in [0.3, 0.4) is 0 Å². The molecule has 2 aromatic carbocycles. The van der Waals surface area contributed by atoms with Gasteiger partial charge in [0.05, 0.1) is 32.3 Å². The van der Waals surface area contributed by atoms with Crippen LogP contribution in [-0.2, 0) is 30.1 Å². The fraction of sp³-hybridized carbons (Fsp3) is 0.190. The second kappa shape index (κ2) is 10.8. The number of nitrogens with one attached hydrogen (secondary N) is 1. The maximum atomic E-state index is 12.7. The molecule has 0 heterocycles. The lowest BCUT2D eigenvalue weighted by molar-refractivity contribution is -0.141. The molecule has 0 aliphatic rings. The predicted molar refractivity (Wildman–Crippen MR) is 107 cm³/mol. The van der Waals surface area contributed by atoms with Crippen LogP contribution in [0.15, 0.2) is 59.9 Å². The number of halogens is 3. The number of ether oxygens (including phenoxy) is 2. The van der Waals surface area contributed by atoms with Crippen LogP contribution < -0.4 is 5.32 Å². The lowest BCUT2D eigenvalue weighted by atomic mass is 10.0. The molecule has 164 valence electrons. The minimum absolute atomic E-state index is 0.105. The van der Waals surface area contributed by atoms with Gasteiger partial charge >= 0.3 is 18.1 Å². The quantitative estimate of drug-likeness (QED) is 0.169. The van der Waals surface area contributed by atoms with Crippen molar-refractivity contribution in [2.75, 3.05) is 26.1 Å². The van der Waals surface area contributed by atoms with Crippen LogP contribution in [0.2, 0.25) is 0 Å². The van der Waals surface area contributed by atoms with Crippen LogP contribution in [0, 0.1) is 0 Å². The van der Waals surface area contributed by atoms with Gasteiger partial charge in [0.2, 0.25) is 0 Å². The molecule has 0 radical (unpaired) electrons. The molecule has 0 bridgehead atoms. The molecular weight excluding hydrogens is 417 g/mol. The Hall–Kier alpha value is -3.82. The normalized spacial score (nSPS) is 11.8. The van der Waals surface area contributed by atoms with E-state index in [-0.39, 0.29) is 11.3 Å². The molecule has 31 heavy (non-hydrogen) atoms. The van der Waals surface area contributed by atoms with Gasteiger partial charge in [0.15, 0.2) is 0 Å². The number of rotatable bonds is 8. The average molecular weight is 436 g/mol. The Morgan fingerprint density at radius 2 is 1.84 bits per heavy atom. The predicted octanol–water partition coefficient (Wildman–Crippen LogP) is 3.85. The van der Waals surface area contributed by atoms with Gasteiger partial charge in [-0.05, 0) is 18.2 Å². The lowest BCUT2D eigenvalue weighted by Crippen LogP contribution is -2.15. The third-order valence-electron chi connectivity index (χ3n) is 3.87.